The molecule has 0 saturated heterocycles. The molecule has 0 aliphatic carbocycles. The van der Waals surface area contributed by atoms with Crippen molar-refractivity contribution in [3.05, 3.63) is 88.5 Å². The summed E-state index contributed by atoms with van der Waals surface area (Å²) in [4.78, 5) is 14.1. The molecular weight excluding hydrogens is 360 g/mol. The molecule has 1 atom stereocenters. The third kappa shape index (κ3) is 3.37. The van der Waals surface area contributed by atoms with Gasteiger partial charge in [0.2, 0.25) is 0 Å². The molecule has 1 aromatic carbocycles. The van der Waals surface area contributed by atoms with Crippen LogP contribution in [0.5, 0.6) is 5.75 Å². The van der Waals surface area contributed by atoms with Crippen LogP contribution >= 0.6 is 0 Å². The molecule has 148 valence electrons. The van der Waals surface area contributed by atoms with E-state index < -0.39 is 5.54 Å². The second-order valence-corrected chi connectivity index (χ2v) is 7.98. The number of aromatic nitrogens is 2. The Balaban J connectivity index is 1.96. The fourth-order valence-corrected chi connectivity index (χ4v) is 3.92. The average Bonchev–Trinajstić information content (AvgIpc) is 3.00. The molecule has 0 radical (unpaired) electrons. The number of nitrogens with two attached hydrogens (primary N) is 1. The number of amidine groups is 1. The molecule has 0 spiro atoms. The first kappa shape index (κ1) is 19.1. The van der Waals surface area contributed by atoms with Crippen LogP contribution in [0.1, 0.15) is 47.6 Å². The predicted molar refractivity (Wildman–Crippen MR) is 115 cm³/mol. The molecule has 1 aliphatic heterocycles. The van der Waals surface area contributed by atoms with Crippen molar-refractivity contribution >= 4 is 5.84 Å². The Bertz CT molecular complexity index is 1070. The molecule has 1 aliphatic rings. The van der Waals surface area contributed by atoms with Gasteiger partial charge in [-0.1, -0.05) is 32.0 Å². The number of hydrogen-bond acceptors (Lipinski definition) is 5. The van der Waals surface area contributed by atoms with E-state index in [0.29, 0.717) is 18.4 Å². The van der Waals surface area contributed by atoms with Gasteiger partial charge in [0.15, 0.2) is 0 Å². The summed E-state index contributed by atoms with van der Waals surface area (Å²) in [5.41, 5.74) is 11.2. The van der Waals surface area contributed by atoms with E-state index in [2.05, 4.69) is 54.1 Å². The van der Waals surface area contributed by atoms with E-state index in [-0.39, 0.29) is 0 Å². The smallest absolute Gasteiger partial charge is 0.146 e. The summed E-state index contributed by atoms with van der Waals surface area (Å²) >= 11 is 0. The number of pyridine rings is 2. The quantitative estimate of drug-likeness (QED) is 0.715. The number of aryl methyl sites for hydroxylation is 2. The van der Waals surface area contributed by atoms with Gasteiger partial charge in [0.1, 0.15) is 22.8 Å². The second kappa shape index (κ2) is 7.32. The normalized spacial score (nSPS) is 17.9. The third-order valence-corrected chi connectivity index (χ3v) is 5.06. The van der Waals surface area contributed by atoms with Crippen LogP contribution in [0.3, 0.4) is 0 Å². The first-order valence-corrected chi connectivity index (χ1v) is 9.90. The minimum atomic E-state index is -0.774. The molecule has 2 N–H and O–H groups in total. The Morgan fingerprint density at radius 2 is 1.76 bits per heavy atom. The summed E-state index contributed by atoms with van der Waals surface area (Å²) in [5.74, 6) is 1.72. The molecule has 1 unspecified atom stereocenters. The van der Waals surface area contributed by atoms with E-state index in [9.17, 15) is 0 Å². The molecule has 0 amide bonds. The highest BCUT2D eigenvalue weighted by atomic mass is 16.5. The van der Waals surface area contributed by atoms with Gasteiger partial charge in [-0.3, -0.25) is 9.97 Å². The summed E-state index contributed by atoms with van der Waals surface area (Å²) < 4.78 is 6.00. The summed E-state index contributed by atoms with van der Waals surface area (Å²) in [6, 6.07) is 16.3. The fraction of sp³-hybridized carbons (Fsp3) is 0.292. The lowest BCUT2D eigenvalue weighted by Crippen LogP contribution is -2.26. The molecule has 2 aromatic heterocycles. The number of benzene rings is 1. The maximum atomic E-state index is 6.35. The lowest BCUT2D eigenvalue weighted by atomic mass is 9.78. The van der Waals surface area contributed by atoms with Crippen molar-refractivity contribution in [2.24, 2.45) is 16.6 Å². The molecule has 0 bridgehead atoms. The molecule has 4 rings (SSSR count). The van der Waals surface area contributed by atoms with Crippen LogP contribution in [-0.2, 0) is 5.54 Å². The topological polar surface area (TPSA) is 73.4 Å². The van der Waals surface area contributed by atoms with Crippen LogP contribution in [0.25, 0.3) is 0 Å². The van der Waals surface area contributed by atoms with Gasteiger partial charge >= 0.3 is 0 Å². The van der Waals surface area contributed by atoms with Gasteiger partial charge in [-0.05, 0) is 61.2 Å². The zero-order chi connectivity index (χ0) is 20.6. The standard InChI is InChI=1S/C24H26N4O/c1-15(2)14-29-20-8-5-7-18(13-20)24(19-11-16(3)27-17(4)12-19)21-9-6-10-26-22(21)23(25)28-24/h5-13,15H,14H2,1-4H3,(H2,25,28). The number of rotatable bonds is 5. The maximum Gasteiger partial charge on any atom is 0.146 e. The van der Waals surface area contributed by atoms with Crippen molar-refractivity contribution in [1.82, 2.24) is 9.97 Å². The van der Waals surface area contributed by atoms with Crippen molar-refractivity contribution < 1.29 is 4.74 Å². The molecule has 5 heteroatoms. The second-order valence-electron chi connectivity index (χ2n) is 7.98. The van der Waals surface area contributed by atoms with Gasteiger partial charge in [0, 0.05) is 23.1 Å². The Morgan fingerprint density at radius 3 is 2.48 bits per heavy atom. The van der Waals surface area contributed by atoms with E-state index in [1.54, 1.807) is 6.20 Å². The van der Waals surface area contributed by atoms with Crippen molar-refractivity contribution in [1.29, 1.82) is 0 Å². The molecule has 5 nitrogen and oxygen atoms in total. The Hall–Kier alpha value is -3.21. The van der Waals surface area contributed by atoms with Gasteiger partial charge in [0.05, 0.1) is 6.61 Å². The van der Waals surface area contributed by atoms with Crippen molar-refractivity contribution in [2.75, 3.05) is 6.61 Å². The number of aliphatic imine (C=N–C) groups is 1. The van der Waals surface area contributed by atoms with Gasteiger partial charge in [-0.25, -0.2) is 4.99 Å². The zero-order valence-corrected chi connectivity index (χ0v) is 17.3. The summed E-state index contributed by atoms with van der Waals surface area (Å²) in [7, 11) is 0. The first-order chi connectivity index (χ1) is 13.9. The Labute approximate surface area is 171 Å². The molecule has 0 fully saturated rings. The number of ether oxygens (including phenoxy) is 1. The highest BCUT2D eigenvalue weighted by Crippen LogP contribution is 2.46. The highest BCUT2D eigenvalue weighted by Gasteiger charge is 2.44. The molecule has 0 saturated carbocycles. The minimum Gasteiger partial charge on any atom is -0.493 e. The molecule has 3 heterocycles. The zero-order valence-electron chi connectivity index (χ0n) is 17.3. The van der Waals surface area contributed by atoms with Crippen LogP contribution in [0.2, 0.25) is 0 Å². The number of hydrogen-bond donors (Lipinski definition) is 1. The fourth-order valence-electron chi connectivity index (χ4n) is 3.92. The van der Waals surface area contributed by atoms with E-state index in [4.69, 9.17) is 15.5 Å². The van der Waals surface area contributed by atoms with Crippen molar-refractivity contribution in [2.45, 2.75) is 33.2 Å². The summed E-state index contributed by atoms with van der Waals surface area (Å²) in [5, 5.41) is 0. The monoisotopic (exact) mass is 386 g/mol. The van der Waals surface area contributed by atoms with Crippen molar-refractivity contribution in [3.63, 3.8) is 0 Å². The van der Waals surface area contributed by atoms with Gasteiger partial charge in [-0.2, -0.15) is 0 Å². The van der Waals surface area contributed by atoms with E-state index >= 15 is 0 Å². The average molecular weight is 386 g/mol. The van der Waals surface area contributed by atoms with Crippen LogP contribution in [0.15, 0.2) is 59.7 Å². The molecular formula is C24H26N4O. The minimum absolute atomic E-state index is 0.446. The van der Waals surface area contributed by atoms with E-state index in [1.807, 2.05) is 32.0 Å². The third-order valence-electron chi connectivity index (χ3n) is 5.06. The summed E-state index contributed by atoms with van der Waals surface area (Å²) in [6.07, 6.45) is 1.75. The maximum absolute atomic E-state index is 6.35. The SMILES string of the molecule is Cc1cc(C2(c3cccc(OCC(C)C)c3)N=C(N)c3ncccc32)cc(C)n1. The van der Waals surface area contributed by atoms with Crippen LogP contribution in [0.4, 0.5) is 0 Å². The first-order valence-electron chi connectivity index (χ1n) is 9.90. The van der Waals surface area contributed by atoms with E-state index in [1.165, 1.54) is 0 Å². The van der Waals surface area contributed by atoms with Crippen molar-refractivity contribution in [3.8, 4) is 5.75 Å². The van der Waals surface area contributed by atoms with E-state index in [0.717, 1.165) is 39.5 Å². The van der Waals surface area contributed by atoms with Crippen LogP contribution < -0.4 is 10.5 Å². The predicted octanol–water partition coefficient (Wildman–Crippen LogP) is 4.14. The molecule has 29 heavy (non-hydrogen) atoms. The highest BCUT2D eigenvalue weighted by molar-refractivity contribution is 6.01. The Kier molecular flexibility index (Phi) is 4.82. The van der Waals surface area contributed by atoms with Gasteiger partial charge in [0.25, 0.3) is 0 Å². The van der Waals surface area contributed by atoms with Crippen LogP contribution in [-0.4, -0.2) is 22.4 Å². The lowest BCUT2D eigenvalue weighted by Gasteiger charge is -2.29. The van der Waals surface area contributed by atoms with Crippen LogP contribution in [0, 0.1) is 19.8 Å². The largest absolute Gasteiger partial charge is 0.493 e. The number of nitrogens with zero attached hydrogens (tertiary/aromatic N) is 3. The lowest BCUT2D eigenvalue weighted by molar-refractivity contribution is 0.270. The Morgan fingerprint density at radius 1 is 1.00 bits per heavy atom. The van der Waals surface area contributed by atoms with Gasteiger partial charge < -0.3 is 10.5 Å². The molecule has 3 aromatic rings. The number of fused-ring (bicyclic) bond motifs is 1. The summed E-state index contributed by atoms with van der Waals surface area (Å²) in [6.45, 7) is 8.93. The van der Waals surface area contributed by atoms with Gasteiger partial charge in [-0.15, -0.1) is 0 Å².